The number of halogens is 1. The molecule has 26 heavy (non-hydrogen) atoms. The van der Waals surface area contributed by atoms with E-state index in [1.807, 2.05) is 0 Å². The minimum absolute atomic E-state index is 0.221. The Kier molecular flexibility index (Phi) is 4.51. The van der Waals surface area contributed by atoms with Gasteiger partial charge in [0.2, 0.25) is 5.95 Å². The van der Waals surface area contributed by atoms with Gasteiger partial charge in [0.05, 0.1) is 42.5 Å². The number of nitrogens with one attached hydrogen (secondary N) is 2. The standard InChI is InChI=1S/C16H18FN7OS/c1-9(8-25-2)24-4-3-12-13(11-7-20-23-14(11)24)21-16(26-12)22-15-18-5-10(17)6-19-15/h5-7,9H,3-4,8H2,1-2H3,(H,20,23)(H,18,19,21,22). The second-order valence-electron chi connectivity index (χ2n) is 6.02. The van der Waals surface area contributed by atoms with Gasteiger partial charge in [-0.3, -0.25) is 5.10 Å². The molecule has 3 aromatic rings. The van der Waals surface area contributed by atoms with Gasteiger partial charge in [0, 0.05) is 25.0 Å². The lowest BCUT2D eigenvalue weighted by Gasteiger charge is -2.28. The molecule has 0 amide bonds. The van der Waals surface area contributed by atoms with Gasteiger partial charge < -0.3 is 15.0 Å². The molecule has 136 valence electrons. The van der Waals surface area contributed by atoms with Crippen molar-refractivity contribution in [3.63, 3.8) is 0 Å². The van der Waals surface area contributed by atoms with Gasteiger partial charge in [-0.2, -0.15) is 5.10 Å². The Bertz CT molecular complexity index is 894. The first-order valence-electron chi connectivity index (χ1n) is 8.19. The lowest BCUT2D eigenvalue weighted by molar-refractivity contribution is 0.181. The van der Waals surface area contributed by atoms with Gasteiger partial charge in [0.15, 0.2) is 10.9 Å². The molecule has 1 aliphatic rings. The van der Waals surface area contributed by atoms with E-state index in [1.165, 1.54) is 0 Å². The molecular weight excluding hydrogens is 357 g/mol. The summed E-state index contributed by atoms with van der Waals surface area (Å²) in [6.07, 6.45) is 4.90. The van der Waals surface area contributed by atoms with Crippen LogP contribution >= 0.6 is 11.3 Å². The summed E-state index contributed by atoms with van der Waals surface area (Å²) in [5.41, 5.74) is 1.86. The third-order valence-electron chi connectivity index (χ3n) is 4.22. The average molecular weight is 375 g/mol. The van der Waals surface area contributed by atoms with Gasteiger partial charge in [0.1, 0.15) is 5.82 Å². The number of hydrogen-bond acceptors (Lipinski definition) is 8. The van der Waals surface area contributed by atoms with Gasteiger partial charge in [-0.25, -0.2) is 19.3 Å². The second-order valence-corrected chi connectivity index (χ2v) is 7.10. The van der Waals surface area contributed by atoms with Crippen LogP contribution in [0.5, 0.6) is 0 Å². The predicted molar refractivity (Wildman–Crippen MR) is 97.4 cm³/mol. The monoisotopic (exact) mass is 375 g/mol. The number of H-pyrrole nitrogens is 1. The molecule has 1 aliphatic heterocycles. The van der Waals surface area contributed by atoms with Gasteiger partial charge in [-0.15, -0.1) is 11.3 Å². The lowest BCUT2D eigenvalue weighted by Crippen LogP contribution is -2.37. The summed E-state index contributed by atoms with van der Waals surface area (Å²) in [5.74, 6) is 0.792. The van der Waals surface area contributed by atoms with Crippen LogP contribution in [0.25, 0.3) is 11.3 Å². The number of thiazole rings is 1. The van der Waals surface area contributed by atoms with Crippen LogP contribution in [0.2, 0.25) is 0 Å². The summed E-state index contributed by atoms with van der Waals surface area (Å²) in [5, 5.41) is 11.0. The van der Waals surface area contributed by atoms with Gasteiger partial charge in [-0.1, -0.05) is 0 Å². The highest BCUT2D eigenvalue weighted by molar-refractivity contribution is 7.16. The van der Waals surface area contributed by atoms with Gasteiger partial charge in [0.25, 0.3) is 0 Å². The fourth-order valence-corrected chi connectivity index (χ4v) is 3.99. The number of fused-ring (bicyclic) bond motifs is 3. The number of rotatable bonds is 5. The van der Waals surface area contributed by atoms with E-state index in [0.29, 0.717) is 17.7 Å². The van der Waals surface area contributed by atoms with Crippen molar-refractivity contribution in [3.8, 4) is 11.3 Å². The van der Waals surface area contributed by atoms with E-state index in [4.69, 9.17) is 9.72 Å². The minimum atomic E-state index is -0.473. The van der Waals surface area contributed by atoms with Crippen molar-refractivity contribution in [2.45, 2.75) is 19.4 Å². The van der Waals surface area contributed by atoms with Crippen molar-refractivity contribution in [2.24, 2.45) is 0 Å². The highest BCUT2D eigenvalue weighted by Gasteiger charge is 2.27. The number of methoxy groups -OCH3 is 1. The van der Waals surface area contributed by atoms with E-state index in [1.54, 1.807) is 24.6 Å². The van der Waals surface area contributed by atoms with Gasteiger partial charge in [-0.05, 0) is 6.92 Å². The molecule has 4 heterocycles. The molecule has 0 fully saturated rings. The number of anilines is 3. The predicted octanol–water partition coefficient (Wildman–Crippen LogP) is 2.60. The van der Waals surface area contributed by atoms with Crippen LogP contribution in [-0.2, 0) is 11.2 Å². The zero-order chi connectivity index (χ0) is 18.1. The van der Waals surface area contributed by atoms with Crippen LogP contribution in [0.3, 0.4) is 0 Å². The largest absolute Gasteiger partial charge is 0.383 e. The fourth-order valence-electron chi connectivity index (χ4n) is 3.03. The number of aromatic amines is 1. The maximum atomic E-state index is 13.0. The summed E-state index contributed by atoms with van der Waals surface area (Å²) in [4.78, 5) is 15.9. The quantitative estimate of drug-likeness (QED) is 0.708. The SMILES string of the molecule is COCC(C)N1CCc2sc(Nc3ncc(F)cn3)nc2-c2cn[nH]c21. The molecular formula is C16H18FN7OS. The molecule has 4 rings (SSSR count). The Morgan fingerprint density at radius 1 is 1.38 bits per heavy atom. The molecule has 10 heteroatoms. The van der Waals surface area contributed by atoms with Crippen LogP contribution in [0.1, 0.15) is 11.8 Å². The summed E-state index contributed by atoms with van der Waals surface area (Å²) < 4.78 is 18.3. The molecule has 1 unspecified atom stereocenters. The average Bonchev–Trinajstić information content (AvgIpc) is 3.22. The summed E-state index contributed by atoms with van der Waals surface area (Å²) in [6, 6.07) is 0.221. The molecule has 0 spiro atoms. The molecule has 0 radical (unpaired) electrons. The van der Waals surface area contributed by atoms with Gasteiger partial charge >= 0.3 is 0 Å². The van der Waals surface area contributed by atoms with Crippen molar-refractivity contribution in [3.05, 3.63) is 29.3 Å². The highest BCUT2D eigenvalue weighted by Crippen LogP contribution is 2.39. The van der Waals surface area contributed by atoms with E-state index in [-0.39, 0.29) is 6.04 Å². The zero-order valence-corrected chi connectivity index (χ0v) is 15.2. The third-order valence-corrected chi connectivity index (χ3v) is 5.25. The molecule has 0 saturated carbocycles. The van der Waals surface area contributed by atoms with E-state index in [2.05, 4.69) is 37.3 Å². The lowest BCUT2D eigenvalue weighted by atomic mass is 10.2. The van der Waals surface area contributed by atoms with E-state index < -0.39 is 5.82 Å². The zero-order valence-electron chi connectivity index (χ0n) is 14.4. The number of hydrogen-bond donors (Lipinski definition) is 2. The first-order chi connectivity index (χ1) is 12.7. The maximum Gasteiger partial charge on any atom is 0.229 e. The normalized spacial score (nSPS) is 14.5. The van der Waals surface area contributed by atoms with Crippen molar-refractivity contribution < 1.29 is 9.13 Å². The van der Waals surface area contributed by atoms with E-state index in [9.17, 15) is 4.39 Å². The highest BCUT2D eigenvalue weighted by atomic mass is 32.1. The third kappa shape index (κ3) is 3.13. The molecule has 1 atom stereocenters. The Balaban J connectivity index is 1.64. The molecule has 0 saturated heterocycles. The number of aromatic nitrogens is 5. The van der Waals surface area contributed by atoms with Crippen LogP contribution in [0, 0.1) is 5.82 Å². The van der Waals surface area contributed by atoms with Crippen LogP contribution in [0.15, 0.2) is 18.6 Å². The Hall–Kier alpha value is -2.59. The summed E-state index contributed by atoms with van der Waals surface area (Å²) >= 11 is 1.55. The molecule has 3 aromatic heterocycles. The van der Waals surface area contributed by atoms with Crippen LogP contribution in [0.4, 0.5) is 21.3 Å². The van der Waals surface area contributed by atoms with E-state index in [0.717, 1.165) is 47.3 Å². The molecule has 0 aliphatic carbocycles. The van der Waals surface area contributed by atoms with Crippen molar-refractivity contribution >= 4 is 28.2 Å². The summed E-state index contributed by atoms with van der Waals surface area (Å²) in [6.45, 7) is 3.59. The molecule has 0 bridgehead atoms. The number of ether oxygens (including phenoxy) is 1. The second kappa shape index (κ2) is 6.96. The van der Waals surface area contributed by atoms with Crippen molar-refractivity contribution in [2.75, 3.05) is 30.5 Å². The maximum absolute atomic E-state index is 13.0. The smallest absolute Gasteiger partial charge is 0.229 e. The first-order valence-corrected chi connectivity index (χ1v) is 9.01. The van der Waals surface area contributed by atoms with Crippen molar-refractivity contribution in [1.29, 1.82) is 0 Å². The Labute approximate surface area is 153 Å². The van der Waals surface area contributed by atoms with Crippen LogP contribution in [-0.4, -0.2) is 51.5 Å². The first kappa shape index (κ1) is 16.9. The Morgan fingerprint density at radius 3 is 2.96 bits per heavy atom. The molecule has 2 N–H and O–H groups in total. The molecule has 8 nitrogen and oxygen atoms in total. The summed E-state index contributed by atoms with van der Waals surface area (Å²) in [7, 11) is 1.70. The van der Waals surface area contributed by atoms with E-state index >= 15 is 0 Å². The molecule has 0 aromatic carbocycles. The van der Waals surface area contributed by atoms with Crippen molar-refractivity contribution in [1.82, 2.24) is 25.1 Å². The fraction of sp³-hybridized carbons (Fsp3) is 0.375. The topological polar surface area (TPSA) is 91.8 Å². The van der Waals surface area contributed by atoms with Crippen LogP contribution < -0.4 is 10.2 Å². The Morgan fingerprint density at radius 2 is 2.19 bits per heavy atom. The minimum Gasteiger partial charge on any atom is -0.383 e. The number of nitrogens with zero attached hydrogens (tertiary/aromatic N) is 5.